The molecular formula is C20H17F3N4O. The second-order valence-electron chi connectivity index (χ2n) is 6.66. The average Bonchev–Trinajstić information content (AvgIpc) is 3.15. The van der Waals surface area contributed by atoms with E-state index < -0.39 is 17.2 Å². The van der Waals surface area contributed by atoms with E-state index in [2.05, 4.69) is 10.1 Å². The van der Waals surface area contributed by atoms with E-state index in [0.717, 1.165) is 11.6 Å². The Labute approximate surface area is 160 Å². The number of rotatable bonds is 5. The molecule has 0 fully saturated rings. The van der Waals surface area contributed by atoms with Crippen LogP contribution in [0.3, 0.4) is 0 Å². The van der Waals surface area contributed by atoms with E-state index in [1.165, 1.54) is 36.4 Å². The summed E-state index contributed by atoms with van der Waals surface area (Å²) < 4.78 is 48.2. The molecule has 1 heterocycles. The summed E-state index contributed by atoms with van der Waals surface area (Å²) in [5.41, 5.74) is -1.51. The first-order chi connectivity index (χ1) is 13.2. The molecule has 1 unspecified atom stereocenters. The summed E-state index contributed by atoms with van der Waals surface area (Å²) in [4.78, 5) is 3.77. The molecule has 5 nitrogen and oxygen atoms in total. The lowest BCUT2D eigenvalue weighted by molar-refractivity contribution is -0.138. The molecule has 0 N–H and O–H groups in total. The zero-order valence-corrected chi connectivity index (χ0v) is 15.2. The predicted molar refractivity (Wildman–Crippen MR) is 95.7 cm³/mol. The summed E-state index contributed by atoms with van der Waals surface area (Å²) in [7, 11) is 0. The van der Waals surface area contributed by atoms with Crippen molar-refractivity contribution in [3.05, 3.63) is 71.8 Å². The molecule has 0 bridgehead atoms. The van der Waals surface area contributed by atoms with E-state index in [4.69, 9.17) is 4.74 Å². The fourth-order valence-corrected chi connectivity index (χ4v) is 2.86. The standard InChI is InChI=1S/C20H17F3N4O/c1-14-3-5-15(6-4-14)28-16-7-8-17(18(9-16)20(21,22)23)19(2,10-24)11-27-13-25-12-26-27/h3-9,12-13H,11H2,1-2H3. The lowest BCUT2D eigenvalue weighted by Crippen LogP contribution is -2.30. The van der Waals surface area contributed by atoms with Crippen LogP contribution in [0, 0.1) is 18.3 Å². The SMILES string of the molecule is Cc1ccc(Oc2ccc(C(C)(C#N)Cn3cncn3)c(C(F)(F)F)c2)cc1. The number of ether oxygens (including phenoxy) is 1. The number of halogens is 3. The molecule has 1 aromatic heterocycles. The topological polar surface area (TPSA) is 63.7 Å². The normalized spacial score (nSPS) is 13.6. The van der Waals surface area contributed by atoms with Gasteiger partial charge < -0.3 is 4.74 Å². The van der Waals surface area contributed by atoms with E-state index >= 15 is 0 Å². The maximum absolute atomic E-state index is 13.8. The molecule has 0 spiro atoms. The van der Waals surface area contributed by atoms with Gasteiger partial charge >= 0.3 is 6.18 Å². The van der Waals surface area contributed by atoms with Gasteiger partial charge in [-0.25, -0.2) is 4.98 Å². The van der Waals surface area contributed by atoms with Gasteiger partial charge in [0.05, 0.1) is 23.6 Å². The van der Waals surface area contributed by atoms with E-state index in [1.807, 2.05) is 13.0 Å². The predicted octanol–water partition coefficient (Wildman–Crippen LogP) is 4.88. The first-order valence-corrected chi connectivity index (χ1v) is 8.41. The van der Waals surface area contributed by atoms with Gasteiger partial charge in [-0.15, -0.1) is 0 Å². The fourth-order valence-electron chi connectivity index (χ4n) is 2.86. The first-order valence-electron chi connectivity index (χ1n) is 8.41. The van der Waals surface area contributed by atoms with Crippen molar-refractivity contribution >= 4 is 0 Å². The van der Waals surface area contributed by atoms with Crippen LogP contribution in [0.15, 0.2) is 55.1 Å². The highest BCUT2D eigenvalue weighted by Gasteiger charge is 2.40. The molecule has 3 rings (SSSR count). The van der Waals surface area contributed by atoms with Crippen LogP contribution < -0.4 is 4.74 Å². The molecule has 1 atom stereocenters. The minimum atomic E-state index is -4.65. The van der Waals surface area contributed by atoms with E-state index in [9.17, 15) is 18.4 Å². The maximum Gasteiger partial charge on any atom is 0.416 e. The number of aromatic nitrogens is 3. The van der Waals surface area contributed by atoms with Crippen molar-refractivity contribution in [1.82, 2.24) is 14.8 Å². The summed E-state index contributed by atoms with van der Waals surface area (Å²) >= 11 is 0. The Bertz CT molecular complexity index is 992. The summed E-state index contributed by atoms with van der Waals surface area (Å²) in [6.07, 6.45) is -2.03. The van der Waals surface area contributed by atoms with Crippen LogP contribution in [0.2, 0.25) is 0 Å². The quantitative estimate of drug-likeness (QED) is 0.627. The third-order valence-electron chi connectivity index (χ3n) is 4.34. The molecule has 0 radical (unpaired) electrons. The van der Waals surface area contributed by atoms with Gasteiger partial charge in [-0.3, -0.25) is 4.68 Å². The number of nitriles is 1. The third kappa shape index (κ3) is 4.14. The highest BCUT2D eigenvalue weighted by molar-refractivity contribution is 5.46. The lowest BCUT2D eigenvalue weighted by Gasteiger charge is -2.26. The summed E-state index contributed by atoms with van der Waals surface area (Å²) in [5, 5.41) is 13.5. The summed E-state index contributed by atoms with van der Waals surface area (Å²) in [6.45, 7) is 3.28. The molecule has 28 heavy (non-hydrogen) atoms. The van der Waals surface area contributed by atoms with Gasteiger partial charge in [0.2, 0.25) is 0 Å². The molecule has 0 amide bonds. The number of benzene rings is 2. The highest BCUT2D eigenvalue weighted by Crippen LogP contribution is 2.40. The highest BCUT2D eigenvalue weighted by atomic mass is 19.4. The van der Waals surface area contributed by atoms with Crippen LogP contribution in [0.1, 0.15) is 23.6 Å². The van der Waals surface area contributed by atoms with Crippen molar-refractivity contribution in [2.24, 2.45) is 0 Å². The molecule has 0 saturated carbocycles. The Hall–Kier alpha value is -3.34. The molecule has 0 saturated heterocycles. The van der Waals surface area contributed by atoms with E-state index in [-0.39, 0.29) is 17.9 Å². The van der Waals surface area contributed by atoms with Crippen molar-refractivity contribution in [1.29, 1.82) is 5.26 Å². The Balaban J connectivity index is 2.01. The Morgan fingerprint density at radius 1 is 1.07 bits per heavy atom. The van der Waals surface area contributed by atoms with Crippen molar-refractivity contribution in [3.8, 4) is 17.6 Å². The van der Waals surface area contributed by atoms with Crippen LogP contribution in [0.5, 0.6) is 11.5 Å². The van der Waals surface area contributed by atoms with Crippen LogP contribution in [-0.4, -0.2) is 14.8 Å². The van der Waals surface area contributed by atoms with Gasteiger partial charge in [-0.1, -0.05) is 23.8 Å². The number of nitrogens with zero attached hydrogens (tertiary/aromatic N) is 4. The Kier molecular flexibility index (Phi) is 5.10. The number of hydrogen-bond acceptors (Lipinski definition) is 4. The number of hydrogen-bond donors (Lipinski definition) is 0. The number of aryl methyl sites for hydroxylation is 1. The van der Waals surface area contributed by atoms with Gasteiger partial charge in [-0.2, -0.15) is 23.5 Å². The average molecular weight is 386 g/mol. The van der Waals surface area contributed by atoms with Gasteiger partial charge in [0, 0.05) is 0 Å². The van der Waals surface area contributed by atoms with Crippen LogP contribution in [-0.2, 0) is 18.1 Å². The van der Waals surface area contributed by atoms with Crippen molar-refractivity contribution < 1.29 is 17.9 Å². The summed E-state index contributed by atoms with van der Waals surface area (Å²) in [5.74, 6) is 0.470. The zero-order valence-electron chi connectivity index (χ0n) is 15.2. The minimum Gasteiger partial charge on any atom is -0.457 e. The molecule has 8 heteroatoms. The van der Waals surface area contributed by atoms with Crippen LogP contribution in [0.25, 0.3) is 0 Å². The second-order valence-corrected chi connectivity index (χ2v) is 6.66. The van der Waals surface area contributed by atoms with Gasteiger partial charge in [0.1, 0.15) is 24.2 Å². The molecule has 0 aliphatic carbocycles. The third-order valence-corrected chi connectivity index (χ3v) is 4.34. The van der Waals surface area contributed by atoms with Crippen LogP contribution in [0.4, 0.5) is 13.2 Å². The first kappa shape index (κ1) is 19.4. The van der Waals surface area contributed by atoms with Crippen LogP contribution >= 0.6 is 0 Å². The minimum absolute atomic E-state index is 0.0426. The maximum atomic E-state index is 13.8. The monoisotopic (exact) mass is 386 g/mol. The van der Waals surface area contributed by atoms with Crippen molar-refractivity contribution in [2.75, 3.05) is 0 Å². The van der Waals surface area contributed by atoms with Crippen molar-refractivity contribution in [3.63, 3.8) is 0 Å². The fraction of sp³-hybridized carbons (Fsp3) is 0.250. The smallest absolute Gasteiger partial charge is 0.416 e. The number of alkyl halides is 3. The molecule has 0 aliphatic heterocycles. The molecule has 3 aromatic rings. The lowest BCUT2D eigenvalue weighted by atomic mass is 9.80. The van der Waals surface area contributed by atoms with Gasteiger partial charge in [0.25, 0.3) is 0 Å². The van der Waals surface area contributed by atoms with Crippen molar-refractivity contribution in [2.45, 2.75) is 32.0 Å². The Morgan fingerprint density at radius 2 is 1.75 bits per heavy atom. The largest absolute Gasteiger partial charge is 0.457 e. The summed E-state index contributed by atoms with van der Waals surface area (Å²) in [6, 6.07) is 12.6. The second kappa shape index (κ2) is 7.35. The molecule has 144 valence electrons. The molecular weight excluding hydrogens is 369 g/mol. The van der Waals surface area contributed by atoms with Gasteiger partial charge in [-0.05, 0) is 43.7 Å². The van der Waals surface area contributed by atoms with E-state index in [1.54, 1.807) is 24.3 Å². The molecule has 0 aliphatic rings. The molecule has 2 aromatic carbocycles. The van der Waals surface area contributed by atoms with E-state index in [0.29, 0.717) is 5.75 Å². The zero-order chi connectivity index (χ0) is 20.4. The van der Waals surface area contributed by atoms with Gasteiger partial charge in [0.15, 0.2) is 0 Å². The Morgan fingerprint density at radius 3 is 2.32 bits per heavy atom.